The topological polar surface area (TPSA) is 72.3 Å². The van der Waals surface area contributed by atoms with Crippen molar-refractivity contribution in [3.8, 4) is 5.75 Å². The molecule has 25 heavy (non-hydrogen) atoms. The molecule has 0 radical (unpaired) electrons. The largest absolute Gasteiger partial charge is 0.489 e. The van der Waals surface area contributed by atoms with E-state index in [2.05, 4.69) is 15.3 Å². The van der Waals surface area contributed by atoms with E-state index in [1.54, 1.807) is 0 Å². The molecule has 0 fully saturated rings. The Labute approximate surface area is 153 Å². The number of halogens is 1. The Bertz CT molecular complexity index is 966. The number of hydrogen-bond donors (Lipinski definition) is 1. The van der Waals surface area contributed by atoms with Crippen LogP contribution in [0.25, 0.3) is 0 Å². The standard InChI is InChI=1S/C17H13ClN4O2S/c18-14-5-1-13(2-6-14)11-24-15-7-3-12(4-8-15)9-20-22-16(23)10-19-21-17(22)25/h1-10H,11H2,(H,21,25)/b20-9+. The normalized spacial score (nSPS) is 10.9. The van der Waals surface area contributed by atoms with Gasteiger partial charge in [-0.25, -0.2) is 0 Å². The highest BCUT2D eigenvalue weighted by Gasteiger charge is 1.98. The van der Waals surface area contributed by atoms with Crippen molar-refractivity contribution in [3.05, 3.63) is 86.0 Å². The van der Waals surface area contributed by atoms with Crippen LogP contribution in [0.1, 0.15) is 11.1 Å². The number of nitrogens with one attached hydrogen (secondary N) is 1. The van der Waals surface area contributed by atoms with Gasteiger partial charge < -0.3 is 4.74 Å². The van der Waals surface area contributed by atoms with Crippen molar-refractivity contribution in [2.75, 3.05) is 0 Å². The van der Waals surface area contributed by atoms with E-state index >= 15 is 0 Å². The van der Waals surface area contributed by atoms with Gasteiger partial charge in [0.1, 0.15) is 18.6 Å². The van der Waals surface area contributed by atoms with Crippen LogP contribution in [0.5, 0.6) is 5.75 Å². The van der Waals surface area contributed by atoms with E-state index in [4.69, 9.17) is 28.6 Å². The van der Waals surface area contributed by atoms with Gasteiger partial charge in [-0.15, -0.1) is 0 Å². The Balaban J connectivity index is 1.66. The van der Waals surface area contributed by atoms with Crippen LogP contribution in [-0.2, 0) is 6.61 Å². The summed E-state index contributed by atoms with van der Waals surface area (Å²) in [4.78, 5) is 11.6. The van der Waals surface area contributed by atoms with E-state index in [9.17, 15) is 4.79 Å². The average molecular weight is 373 g/mol. The fourth-order valence-electron chi connectivity index (χ4n) is 1.98. The third-order valence-corrected chi connectivity index (χ3v) is 3.77. The van der Waals surface area contributed by atoms with Gasteiger partial charge in [0.05, 0.1) is 6.21 Å². The van der Waals surface area contributed by atoms with E-state index in [1.807, 2.05) is 48.5 Å². The predicted molar refractivity (Wildman–Crippen MR) is 98.9 cm³/mol. The molecule has 0 atom stereocenters. The molecule has 0 aliphatic heterocycles. The first kappa shape index (κ1) is 17.1. The third kappa shape index (κ3) is 4.62. The lowest BCUT2D eigenvalue weighted by atomic mass is 10.2. The van der Waals surface area contributed by atoms with Crippen molar-refractivity contribution in [2.45, 2.75) is 6.61 Å². The number of aromatic nitrogens is 3. The SMILES string of the molecule is O=c1cn[nH]c(=S)n1/N=C/c1ccc(OCc2ccc(Cl)cc2)cc1. The maximum Gasteiger partial charge on any atom is 0.293 e. The third-order valence-electron chi connectivity index (χ3n) is 3.26. The quantitative estimate of drug-likeness (QED) is 0.550. The number of aromatic amines is 1. The summed E-state index contributed by atoms with van der Waals surface area (Å²) in [5.74, 6) is 0.727. The van der Waals surface area contributed by atoms with Crippen LogP contribution in [0.2, 0.25) is 5.02 Å². The molecule has 1 N–H and O–H groups in total. The van der Waals surface area contributed by atoms with Gasteiger partial charge in [-0.2, -0.15) is 14.9 Å². The molecule has 0 spiro atoms. The van der Waals surface area contributed by atoms with E-state index in [0.717, 1.165) is 27.7 Å². The minimum absolute atomic E-state index is 0.131. The summed E-state index contributed by atoms with van der Waals surface area (Å²) in [5.41, 5.74) is 1.43. The van der Waals surface area contributed by atoms with Gasteiger partial charge in [0.2, 0.25) is 4.77 Å². The summed E-state index contributed by atoms with van der Waals surface area (Å²) in [6.45, 7) is 0.451. The molecule has 0 aliphatic carbocycles. The van der Waals surface area contributed by atoms with Gasteiger partial charge in [0, 0.05) is 5.02 Å². The molecule has 0 amide bonds. The van der Waals surface area contributed by atoms with E-state index in [0.29, 0.717) is 11.6 Å². The lowest BCUT2D eigenvalue weighted by Crippen LogP contribution is -2.18. The molecular weight excluding hydrogens is 360 g/mol. The fourth-order valence-corrected chi connectivity index (χ4v) is 2.29. The summed E-state index contributed by atoms with van der Waals surface area (Å²) in [5, 5.41) is 10.9. The van der Waals surface area contributed by atoms with Crippen molar-refractivity contribution in [3.63, 3.8) is 0 Å². The first-order valence-corrected chi connectivity index (χ1v) is 8.09. The fraction of sp³-hybridized carbons (Fsp3) is 0.0588. The van der Waals surface area contributed by atoms with Crippen molar-refractivity contribution in [2.24, 2.45) is 5.10 Å². The number of hydrogen-bond acceptors (Lipinski definition) is 5. The summed E-state index contributed by atoms with van der Waals surface area (Å²) in [7, 11) is 0. The first-order chi connectivity index (χ1) is 12.1. The number of ether oxygens (including phenoxy) is 1. The highest BCUT2D eigenvalue weighted by Crippen LogP contribution is 2.15. The van der Waals surface area contributed by atoms with Crippen LogP contribution in [0.3, 0.4) is 0 Å². The maximum atomic E-state index is 11.6. The van der Waals surface area contributed by atoms with Crippen molar-refractivity contribution >= 4 is 30.0 Å². The summed E-state index contributed by atoms with van der Waals surface area (Å²) in [6, 6.07) is 14.8. The Morgan fingerprint density at radius 3 is 2.60 bits per heavy atom. The summed E-state index contributed by atoms with van der Waals surface area (Å²) >= 11 is 10.8. The molecule has 0 saturated heterocycles. The minimum Gasteiger partial charge on any atom is -0.489 e. The molecular formula is C17H13ClN4O2S. The van der Waals surface area contributed by atoms with Crippen LogP contribution in [0, 0.1) is 4.77 Å². The number of benzene rings is 2. The van der Waals surface area contributed by atoms with Gasteiger partial charge in [-0.1, -0.05) is 23.7 Å². The van der Waals surface area contributed by atoms with Gasteiger partial charge in [-0.05, 0) is 59.7 Å². The highest BCUT2D eigenvalue weighted by atomic mass is 35.5. The van der Waals surface area contributed by atoms with Crippen LogP contribution in [0.15, 0.2) is 64.6 Å². The van der Waals surface area contributed by atoms with Gasteiger partial charge in [0.15, 0.2) is 0 Å². The number of rotatable bonds is 5. The van der Waals surface area contributed by atoms with Gasteiger partial charge in [-0.3, -0.25) is 9.89 Å². The van der Waals surface area contributed by atoms with E-state index < -0.39 is 5.56 Å². The molecule has 3 aromatic rings. The number of H-pyrrole nitrogens is 1. The van der Waals surface area contributed by atoms with Crippen LogP contribution in [-0.4, -0.2) is 21.1 Å². The van der Waals surface area contributed by atoms with Crippen molar-refractivity contribution in [1.29, 1.82) is 0 Å². The minimum atomic E-state index is -0.400. The van der Waals surface area contributed by atoms with Crippen molar-refractivity contribution in [1.82, 2.24) is 14.9 Å². The second kappa shape index (κ2) is 7.87. The molecule has 8 heteroatoms. The molecule has 0 saturated carbocycles. The van der Waals surface area contributed by atoms with E-state index in [1.165, 1.54) is 6.21 Å². The lowest BCUT2D eigenvalue weighted by Gasteiger charge is -2.06. The van der Waals surface area contributed by atoms with E-state index in [-0.39, 0.29) is 4.77 Å². The van der Waals surface area contributed by atoms with Crippen molar-refractivity contribution < 1.29 is 4.74 Å². The first-order valence-electron chi connectivity index (χ1n) is 7.30. The summed E-state index contributed by atoms with van der Waals surface area (Å²) in [6.07, 6.45) is 2.65. The molecule has 0 bridgehead atoms. The zero-order chi connectivity index (χ0) is 17.6. The Morgan fingerprint density at radius 2 is 1.92 bits per heavy atom. The Morgan fingerprint density at radius 1 is 1.20 bits per heavy atom. The zero-order valence-electron chi connectivity index (χ0n) is 12.9. The Hall–Kier alpha value is -2.77. The smallest absolute Gasteiger partial charge is 0.293 e. The molecule has 0 unspecified atom stereocenters. The lowest BCUT2D eigenvalue weighted by molar-refractivity contribution is 0.306. The average Bonchev–Trinajstić information content (AvgIpc) is 2.62. The molecule has 6 nitrogen and oxygen atoms in total. The summed E-state index contributed by atoms with van der Waals surface area (Å²) < 4.78 is 6.91. The predicted octanol–water partition coefficient (Wildman–Crippen LogP) is 3.42. The molecule has 126 valence electrons. The highest BCUT2D eigenvalue weighted by molar-refractivity contribution is 7.71. The van der Waals surface area contributed by atoms with Crippen LogP contribution < -0.4 is 10.3 Å². The zero-order valence-corrected chi connectivity index (χ0v) is 14.5. The van der Waals surface area contributed by atoms with Gasteiger partial charge in [0.25, 0.3) is 5.56 Å². The van der Waals surface area contributed by atoms with Crippen LogP contribution in [0.4, 0.5) is 0 Å². The van der Waals surface area contributed by atoms with Gasteiger partial charge >= 0.3 is 0 Å². The Kier molecular flexibility index (Phi) is 5.37. The second-order valence-electron chi connectivity index (χ2n) is 5.05. The van der Waals surface area contributed by atoms with Crippen LogP contribution >= 0.6 is 23.8 Å². The monoisotopic (exact) mass is 372 g/mol. The molecule has 0 aliphatic rings. The molecule has 2 aromatic carbocycles. The second-order valence-corrected chi connectivity index (χ2v) is 5.88. The number of nitrogens with zero attached hydrogens (tertiary/aromatic N) is 3. The molecule has 1 aromatic heterocycles. The molecule has 1 heterocycles. The molecule has 3 rings (SSSR count). The maximum absolute atomic E-state index is 11.6.